The highest BCUT2D eigenvalue weighted by atomic mass is 16.6. The molecule has 1 aliphatic rings. The first-order chi connectivity index (χ1) is 15.6. The molecule has 1 aliphatic heterocycles. The van der Waals surface area contributed by atoms with Crippen LogP contribution in [0.4, 0.5) is 0 Å². The van der Waals surface area contributed by atoms with Crippen LogP contribution in [0.5, 0.6) is 17.2 Å². The third kappa shape index (κ3) is 4.42. The van der Waals surface area contributed by atoms with Crippen LogP contribution in [0.25, 0.3) is 0 Å². The molecular formula is C26H22N2O4. The lowest BCUT2D eigenvalue weighted by molar-refractivity contribution is -0.136. The number of rotatable bonds is 6. The molecule has 0 fully saturated rings. The van der Waals surface area contributed by atoms with Crippen LogP contribution < -0.4 is 19.9 Å². The van der Waals surface area contributed by atoms with Gasteiger partial charge in [-0.3, -0.25) is 0 Å². The molecule has 0 aliphatic carbocycles. The predicted molar refractivity (Wildman–Crippen MR) is 119 cm³/mol. The van der Waals surface area contributed by atoms with Crippen molar-refractivity contribution in [2.24, 2.45) is 5.73 Å². The molecule has 0 saturated heterocycles. The van der Waals surface area contributed by atoms with Crippen LogP contribution in [0.3, 0.4) is 0 Å². The molecule has 0 spiro atoms. The first kappa shape index (κ1) is 21.0. The minimum atomic E-state index is -0.544. The van der Waals surface area contributed by atoms with Crippen LogP contribution in [0.15, 0.2) is 84.3 Å². The molecule has 4 rings (SSSR count). The van der Waals surface area contributed by atoms with Crippen molar-refractivity contribution in [3.8, 4) is 23.3 Å². The smallest absolute Gasteiger partial charge is 0.349 e. The highest BCUT2D eigenvalue weighted by Crippen LogP contribution is 2.43. The molecule has 3 aromatic rings. The van der Waals surface area contributed by atoms with Crippen LogP contribution >= 0.6 is 0 Å². The number of hydrogen-bond acceptors (Lipinski definition) is 6. The van der Waals surface area contributed by atoms with E-state index in [1.807, 2.05) is 42.5 Å². The first-order valence-electron chi connectivity index (χ1n) is 10.3. The summed E-state index contributed by atoms with van der Waals surface area (Å²) in [5.74, 6) is 0.468. The maximum absolute atomic E-state index is 12.2. The lowest BCUT2D eigenvalue weighted by Crippen LogP contribution is -2.21. The zero-order valence-corrected chi connectivity index (χ0v) is 17.6. The molecule has 0 saturated carbocycles. The number of para-hydroxylation sites is 1. The molecule has 0 amide bonds. The van der Waals surface area contributed by atoms with Gasteiger partial charge in [-0.15, -0.1) is 0 Å². The molecule has 3 aromatic carbocycles. The Hall–Kier alpha value is -4.24. The van der Waals surface area contributed by atoms with E-state index in [2.05, 4.69) is 13.0 Å². The first-order valence-corrected chi connectivity index (χ1v) is 10.3. The number of nitriles is 1. The fourth-order valence-electron chi connectivity index (χ4n) is 3.61. The second-order valence-electron chi connectivity index (χ2n) is 7.30. The Labute approximate surface area is 186 Å². The Morgan fingerprint density at radius 1 is 1.06 bits per heavy atom. The highest BCUT2D eigenvalue weighted by molar-refractivity contribution is 5.74. The summed E-state index contributed by atoms with van der Waals surface area (Å²) in [6, 6.07) is 24.3. The molecule has 6 nitrogen and oxygen atoms in total. The van der Waals surface area contributed by atoms with E-state index < -0.39 is 5.97 Å². The topological polar surface area (TPSA) is 94.6 Å². The number of hydrogen-bond donors (Lipinski definition) is 1. The fraction of sp³-hybridized carbons (Fsp3) is 0.154. The number of allylic oxidation sites excluding steroid dienone is 1. The van der Waals surface area contributed by atoms with Crippen LogP contribution in [-0.4, -0.2) is 12.6 Å². The lowest BCUT2D eigenvalue weighted by atomic mass is 9.83. The van der Waals surface area contributed by atoms with Crippen molar-refractivity contribution in [1.82, 2.24) is 0 Å². The van der Waals surface area contributed by atoms with Gasteiger partial charge in [-0.2, -0.15) is 5.26 Å². The van der Waals surface area contributed by atoms with Gasteiger partial charge in [0.25, 0.3) is 0 Å². The van der Waals surface area contributed by atoms with Gasteiger partial charge in [0.05, 0.1) is 5.92 Å². The Morgan fingerprint density at radius 2 is 1.81 bits per heavy atom. The molecule has 160 valence electrons. The van der Waals surface area contributed by atoms with Crippen molar-refractivity contribution in [3.05, 3.63) is 101 Å². The van der Waals surface area contributed by atoms with E-state index in [4.69, 9.17) is 19.9 Å². The van der Waals surface area contributed by atoms with Gasteiger partial charge >= 0.3 is 5.97 Å². The SMILES string of the molecule is CCc1ccc(C2C(C#N)=C(N)Oc3cc(OC(=O)COc4ccccc4)ccc32)cc1. The number of nitrogens with two attached hydrogens (primary N) is 1. The van der Waals surface area contributed by atoms with Crippen molar-refractivity contribution in [2.45, 2.75) is 19.3 Å². The fourth-order valence-corrected chi connectivity index (χ4v) is 3.61. The van der Waals surface area contributed by atoms with Crippen LogP contribution in [0.2, 0.25) is 0 Å². The van der Waals surface area contributed by atoms with Crippen LogP contribution in [-0.2, 0) is 11.2 Å². The molecule has 1 unspecified atom stereocenters. The third-order valence-electron chi connectivity index (χ3n) is 5.24. The lowest BCUT2D eigenvalue weighted by Gasteiger charge is -2.26. The zero-order chi connectivity index (χ0) is 22.5. The van der Waals surface area contributed by atoms with E-state index in [0.29, 0.717) is 22.8 Å². The third-order valence-corrected chi connectivity index (χ3v) is 5.24. The van der Waals surface area contributed by atoms with Crippen molar-refractivity contribution in [3.63, 3.8) is 0 Å². The quantitative estimate of drug-likeness (QED) is 0.462. The van der Waals surface area contributed by atoms with Gasteiger partial charge in [0.2, 0.25) is 5.88 Å². The molecule has 0 aromatic heterocycles. The largest absolute Gasteiger partial charge is 0.482 e. The van der Waals surface area contributed by atoms with Crippen LogP contribution in [0, 0.1) is 11.3 Å². The van der Waals surface area contributed by atoms with Gasteiger partial charge in [0.1, 0.15) is 28.9 Å². The maximum Gasteiger partial charge on any atom is 0.349 e. The number of benzene rings is 3. The van der Waals surface area contributed by atoms with Crippen molar-refractivity contribution < 1.29 is 19.0 Å². The van der Waals surface area contributed by atoms with Crippen LogP contribution in [0.1, 0.15) is 29.5 Å². The Balaban J connectivity index is 1.56. The number of nitrogens with zero attached hydrogens (tertiary/aromatic N) is 1. The maximum atomic E-state index is 12.2. The van der Waals surface area contributed by atoms with Gasteiger partial charge in [-0.05, 0) is 35.7 Å². The molecule has 1 heterocycles. The van der Waals surface area contributed by atoms with Crippen molar-refractivity contribution >= 4 is 5.97 Å². The number of ether oxygens (including phenoxy) is 3. The van der Waals surface area contributed by atoms with E-state index in [1.165, 1.54) is 5.56 Å². The summed E-state index contributed by atoms with van der Waals surface area (Å²) in [5, 5.41) is 9.69. The van der Waals surface area contributed by atoms with Crippen molar-refractivity contribution in [2.75, 3.05) is 6.61 Å². The number of fused-ring (bicyclic) bond motifs is 1. The summed E-state index contributed by atoms with van der Waals surface area (Å²) in [5.41, 5.74) is 9.33. The predicted octanol–water partition coefficient (Wildman–Crippen LogP) is 4.45. The minimum Gasteiger partial charge on any atom is -0.482 e. The normalized spacial score (nSPS) is 14.7. The van der Waals surface area contributed by atoms with Gasteiger partial charge in [-0.25, -0.2) is 4.79 Å². The molecule has 6 heteroatoms. The molecule has 1 atom stereocenters. The number of esters is 1. The van der Waals surface area contributed by atoms with Gasteiger partial charge in [0.15, 0.2) is 6.61 Å². The Morgan fingerprint density at radius 3 is 2.50 bits per heavy atom. The molecule has 0 radical (unpaired) electrons. The summed E-state index contributed by atoms with van der Waals surface area (Å²) in [4.78, 5) is 12.2. The summed E-state index contributed by atoms with van der Waals surface area (Å²) >= 11 is 0. The minimum absolute atomic E-state index is 0.0421. The van der Waals surface area contributed by atoms with E-state index in [1.54, 1.807) is 30.3 Å². The van der Waals surface area contributed by atoms with E-state index >= 15 is 0 Å². The van der Waals surface area contributed by atoms with Gasteiger partial charge in [-0.1, -0.05) is 55.5 Å². The summed E-state index contributed by atoms with van der Waals surface area (Å²) in [6.45, 7) is 1.86. The number of carbonyl (C=O) groups is 1. The van der Waals surface area contributed by atoms with Gasteiger partial charge in [0, 0.05) is 11.6 Å². The average Bonchev–Trinajstić information content (AvgIpc) is 2.82. The van der Waals surface area contributed by atoms with Gasteiger partial charge < -0.3 is 19.9 Å². The van der Waals surface area contributed by atoms with E-state index in [0.717, 1.165) is 17.5 Å². The second kappa shape index (κ2) is 9.27. The monoisotopic (exact) mass is 426 g/mol. The highest BCUT2D eigenvalue weighted by Gasteiger charge is 2.31. The molecule has 2 N–H and O–H groups in total. The summed E-state index contributed by atoms with van der Waals surface area (Å²) in [7, 11) is 0. The number of aryl methyl sites for hydroxylation is 1. The average molecular weight is 426 g/mol. The van der Waals surface area contributed by atoms with Crippen molar-refractivity contribution in [1.29, 1.82) is 5.26 Å². The number of carbonyl (C=O) groups excluding carboxylic acids is 1. The summed E-state index contributed by atoms with van der Waals surface area (Å²) < 4.78 is 16.5. The second-order valence-corrected chi connectivity index (χ2v) is 7.30. The molecular weight excluding hydrogens is 404 g/mol. The zero-order valence-electron chi connectivity index (χ0n) is 17.6. The van der Waals surface area contributed by atoms with E-state index in [-0.39, 0.29) is 18.4 Å². The Bertz CT molecular complexity index is 1190. The summed E-state index contributed by atoms with van der Waals surface area (Å²) in [6.07, 6.45) is 0.927. The molecule has 0 bridgehead atoms. The standard InChI is InChI=1S/C26H22N2O4/c1-2-17-8-10-18(11-9-17)25-21-13-12-20(14-23(21)32-26(28)22(25)15-27)31-24(29)16-30-19-6-4-3-5-7-19/h3-14,25H,2,16,28H2,1H3. The molecule has 32 heavy (non-hydrogen) atoms. The Kier molecular flexibility index (Phi) is 6.09. The van der Waals surface area contributed by atoms with E-state index in [9.17, 15) is 10.1 Å².